The van der Waals surface area contributed by atoms with Crippen LogP contribution in [-0.2, 0) is 4.74 Å². The molecule has 1 saturated heterocycles. The SMILES string of the molecule is Nc1nn(C2CCCCO2)c2cccnc12. The molecular formula is C11H14N4O. The summed E-state index contributed by atoms with van der Waals surface area (Å²) in [4.78, 5) is 4.23. The van der Waals surface area contributed by atoms with E-state index in [2.05, 4.69) is 10.1 Å². The summed E-state index contributed by atoms with van der Waals surface area (Å²) in [6.07, 6.45) is 5.03. The van der Waals surface area contributed by atoms with Gasteiger partial charge in [-0.2, -0.15) is 5.10 Å². The first kappa shape index (κ1) is 9.59. The van der Waals surface area contributed by atoms with Crippen molar-refractivity contribution in [2.45, 2.75) is 25.5 Å². The minimum absolute atomic E-state index is 0.0118. The number of aromatic nitrogens is 3. The Morgan fingerprint density at radius 2 is 2.38 bits per heavy atom. The lowest BCUT2D eigenvalue weighted by Crippen LogP contribution is -2.19. The Labute approximate surface area is 93.2 Å². The van der Waals surface area contributed by atoms with Crippen molar-refractivity contribution in [3.63, 3.8) is 0 Å². The molecule has 3 heterocycles. The monoisotopic (exact) mass is 218 g/mol. The summed E-state index contributed by atoms with van der Waals surface area (Å²) < 4.78 is 7.56. The number of rotatable bonds is 1. The van der Waals surface area contributed by atoms with Crippen LogP contribution in [-0.4, -0.2) is 21.4 Å². The summed E-state index contributed by atoms with van der Waals surface area (Å²) in [6.45, 7) is 0.798. The largest absolute Gasteiger partial charge is 0.380 e. The molecule has 1 fully saturated rings. The molecule has 84 valence electrons. The molecule has 0 aromatic carbocycles. The van der Waals surface area contributed by atoms with Gasteiger partial charge in [-0.3, -0.25) is 4.98 Å². The summed E-state index contributed by atoms with van der Waals surface area (Å²) in [6, 6.07) is 3.87. The topological polar surface area (TPSA) is 66.0 Å². The number of nitrogens with zero attached hydrogens (tertiary/aromatic N) is 3. The van der Waals surface area contributed by atoms with Crippen LogP contribution in [0.4, 0.5) is 5.82 Å². The highest BCUT2D eigenvalue weighted by atomic mass is 16.5. The van der Waals surface area contributed by atoms with E-state index in [1.165, 1.54) is 6.42 Å². The second-order valence-corrected chi connectivity index (χ2v) is 4.02. The Balaban J connectivity index is 2.08. The van der Waals surface area contributed by atoms with E-state index in [0.29, 0.717) is 5.82 Å². The molecular weight excluding hydrogens is 204 g/mol. The maximum atomic E-state index is 5.83. The number of nitrogen functional groups attached to an aromatic ring is 1. The smallest absolute Gasteiger partial charge is 0.172 e. The molecule has 1 unspecified atom stereocenters. The van der Waals surface area contributed by atoms with Gasteiger partial charge < -0.3 is 10.5 Å². The molecule has 0 spiro atoms. The number of pyridine rings is 1. The van der Waals surface area contributed by atoms with Crippen LogP contribution in [0.25, 0.3) is 11.0 Å². The van der Waals surface area contributed by atoms with Crippen LogP contribution in [0.2, 0.25) is 0 Å². The van der Waals surface area contributed by atoms with Gasteiger partial charge in [0.15, 0.2) is 12.0 Å². The van der Waals surface area contributed by atoms with Crippen LogP contribution in [0.15, 0.2) is 18.3 Å². The van der Waals surface area contributed by atoms with Gasteiger partial charge in [0.2, 0.25) is 0 Å². The van der Waals surface area contributed by atoms with Gasteiger partial charge in [-0.1, -0.05) is 0 Å². The fourth-order valence-corrected chi connectivity index (χ4v) is 2.13. The summed E-state index contributed by atoms with van der Waals surface area (Å²) in [5, 5.41) is 4.32. The van der Waals surface area contributed by atoms with Gasteiger partial charge in [-0.05, 0) is 31.4 Å². The molecule has 5 heteroatoms. The first-order chi connectivity index (χ1) is 7.86. The van der Waals surface area contributed by atoms with Gasteiger partial charge in [0, 0.05) is 12.8 Å². The van der Waals surface area contributed by atoms with Crippen molar-refractivity contribution in [2.75, 3.05) is 12.3 Å². The first-order valence-corrected chi connectivity index (χ1v) is 5.56. The molecule has 0 aliphatic carbocycles. The third kappa shape index (κ3) is 1.44. The molecule has 3 rings (SSSR count). The van der Waals surface area contributed by atoms with Crippen LogP contribution in [0.1, 0.15) is 25.5 Å². The van der Waals surface area contributed by atoms with E-state index in [9.17, 15) is 0 Å². The molecule has 0 saturated carbocycles. The minimum Gasteiger partial charge on any atom is -0.380 e. The van der Waals surface area contributed by atoms with E-state index in [1.807, 2.05) is 16.8 Å². The number of nitrogens with two attached hydrogens (primary N) is 1. The average Bonchev–Trinajstić information content (AvgIpc) is 2.69. The van der Waals surface area contributed by atoms with Crippen LogP contribution < -0.4 is 5.73 Å². The zero-order valence-electron chi connectivity index (χ0n) is 8.97. The highest BCUT2D eigenvalue weighted by Gasteiger charge is 2.20. The van der Waals surface area contributed by atoms with Crippen molar-refractivity contribution in [1.29, 1.82) is 0 Å². The molecule has 1 aliphatic heterocycles. The van der Waals surface area contributed by atoms with Crippen molar-refractivity contribution in [2.24, 2.45) is 0 Å². The van der Waals surface area contributed by atoms with Crippen LogP contribution in [0, 0.1) is 0 Å². The van der Waals surface area contributed by atoms with Crippen molar-refractivity contribution < 1.29 is 4.74 Å². The number of hydrogen-bond donors (Lipinski definition) is 1. The normalized spacial score (nSPS) is 21.4. The van der Waals surface area contributed by atoms with E-state index in [0.717, 1.165) is 30.5 Å². The predicted molar refractivity (Wildman–Crippen MR) is 60.8 cm³/mol. The van der Waals surface area contributed by atoms with Gasteiger partial charge >= 0.3 is 0 Å². The van der Waals surface area contributed by atoms with Crippen molar-refractivity contribution in [3.05, 3.63) is 18.3 Å². The Kier molecular flexibility index (Phi) is 2.25. The second-order valence-electron chi connectivity index (χ2n) is 4.02. The number of ether oxygens (including phenoxy) is 1. The Morgan fingerprint density at radius 1 is 1.44 bits per heavy atom. The average molecular weight is 218 g/mol. The number of fused-ring (bicyclic) bond motifs is 1. The quantitative estimate of drug-likeness (QED) is 0.791. The van der Waals surface area contributed by atoms with Crippen molar-refractivity contribution in [3.8, 4) is 0 Å². The fourth-order valence-electron chi connectivity index (χ4n) is 2.13. The molecule has 1 aliphatic rings. The Morgan fingerprint density at radius 3 is 3.19 bits per heavy atom. The maximum Gasteiger partial charge on any atom is 0.172 e. The zero-order valence-corrected chi connectivity index (χ0v) is 8.97. The van der Waals surface area contributed by atoms with Gasteiger partial charge in [0.1, 0.15) is 5.52 Å². The van der Waals surface area contributed by atoms with Gasteiger partial charge in [-0.25, -0.2) is 4.68 Å². The lowest BCUT2D eigenvalue weighted by atomic mass is 10.2. The molecule has 0 bridgehead atoms. The first-order valence-electron chi connectivity index (χ1n) is 5.56. The van der Waals surface area contributed by atoms with Gasteiger partial charge in [0.25, 0.3) is 0 Å². The van der Waals surface area contributed by atoms with E-state index < -0.39 is 0 Å². The van der Waals surface area contributed by atoms with E-state index >= 15 is 0 Å². The van der Waals surface area contributed by atoms with Crippen LogP contribution in [0.5, 0.6) is 0 Å². The number of anilines is 1. The van der Waals surface area contributed by atoms with E-state index in [-0.39, 0.29) is 6.23 Å². The van der Waals surface area contributed by atoms with Crippen LogP contribution >= 0.6 is 0 Å². The summed E-state index contributed by atoms with van der Waals surface area (Å²) in [5.74, 6) is 0.477. The molecule has 5 nitrogen and oxygen atoms in total. The van der Waals surface area contributed by atoms with Crippen molar-refractivity contribution >= 4 is 16.9 Å². The van der Waals surface area contributed by atoms with Gasteiger partial charge in [-0.15, -0.1) is 0 Å². The van der Waals surface area contributed by atoms with Crippen LogP contribution in [0.3, 0.4) is 0 Å². The highest BCUT2D eigenvalue weighted by Crippen LogP contribution is 2.27. The summed E-state index contributed by atoms with van der Waals surface area (Å²) >= 11 is 0. The minimum atomic E-state index is 0.0118. The summed E-state index contributed by atoms with van der Waals surface area (Å²) in [7, 11) is 0. The predicted octanol–water partition coefficient (Wildman–Crippen LogP) is 1.71. The summed E-state index contributed by atoms with van der Waals surface area (Å²) in [5.41, 5.74) is 7.55. The lowest BCUT2D eigenvalue weighted by molar-refractivity contribution is -0.0365. The maximum absolute atomic E-state index is 5.83. The number of hydrogen-bond acceptors (Lipinski definition) is 4. The molecule has 2 aromatic rings. The van der Waals surface area contributed by atoms with E-state index in [4.69, 9.17) is 10.5 Å². The lowest BCUT2D eigenvalue weighted by Gasteiger charge is -2.23. The van der Waals surface area contributed by atoms with E-state index in [1.54, 1.807) is 6.20 Å². The molecule has 0 amide bonds. The Hall–Kier alpha value is -1.62. The molecule has 2 aromatic heterocycles. The zero-order chi connectivity index (χ0) is 11.0. The molecule has 1 atom stereocenters. The standard InChI is InChI=1S/C11H14N4O/c12-11-10-8(4-3-6-13-10)15(14-11)9-5-1-2-7-16-9/h3-4,6,9H,1-2,5,7H2,(H2,12,14). The molecule has 2 N–H and O–H groups in total. The third-order valence-corrected chi connectivity index (χ3v) is 2.92. The van der Waals surface area contributed by atoms with Crippen molar-refractivity contribution in [1.82, 2.24) is 14.8 Å². The molecule has 16 heavy (non-hydrogen) atoms. The second kappa shape index (κ2) is 3.75. The fraction of sp³-hybridized carbons (Fsp3) is 0.455. The van der Waals surface area contributed by atoms with Gasteiger partial charge in [0.05, 0.1) is 5.52 Å². The third-order valence-electron chi connectivity index (χ3n) is 2.92. The Bertz CT molecular complexity index is 502. The molecule has 0 radical (unpaired) electrons. The highest BCUT2D eigenvalue weighted by molar-refractivity contribution is 5.84.